The van der Waals surface area contributed by atoms with Crippen LogP contribution in [0.25, 0.3) is 10.8 Å². The Morgan fingerprint density at radius 3 is 2.57 bits per heavy atom. The number of aromatic nitrogens is 3. The van der Waals surface area contributed by atoms with E-state index in [0.29, 0.717) is 16.7 Å². The summed E-state index contributed by atoms with van der Waals surface area (Å²) in [4.78, 5) is 24.6. The Morgan fingerprint density at radius 2 is 1.87 bits per heavy atom. The first-order valence-corrected chi connectivity index (χ1v) is 10.3. The molecule has 9 nitrogen and oxygen atoms in total. The topological polar surface area (TPSA) is 138 Å². The molecule has 0 saturated carbocycles. The maximum atomic E-state index is 12.9. The number of sulfone groups is 1. The Hall–Kier alpha value is -3.79. The molecule has 152 valence electrons. The number of benzene rings is 2. The number of amides is 1. The van der Waals surface area contributed by atoms with Gasteiger partial charge in [0.2, 0.25) is 9.84 Å². The van der Waals surface area contributed by atoms with Crippen molar-refractivity contribution >= 4 is 26.5 Å². The third-order valence-electron chi connectivity index (χ3n) is 4.71. The van der Waals surface area contributed by atoms with Gasteiger partial charge in [0.15, 0.2) is 5.69 Å². The van der Waals surface area contributed by atoms with Gasteiger partial charge in [0.25, 0.3) is 11.5 Å². The standard InChI is InChI=1S/C20H16N4O5S/c1-12-17(18(19(21)25)23-29-12)11-24-20(26)16-8-7-15(9-13(16)10-22-24)30(27,28)14-5-3-2-4-6-14/h2-10H,11H2,1H3,(H2,21,25). The van der Waals surface area contributed by atoms with Gasteiger partial charge in [0.05, 0.1) is 27.9 Å². The van der Waals surface area contributed by atoms with E-state index in [1.54, 1.807) is 25.1 Å². The number of nitrogens with two attached hydrogens (primary N) is 1. The summed E-state index contributed by atoms with van der Waals surface area (Å²) < 4.78 is 31.8. The molecule has 0 aliphatic carbocycles. The van der Waals surface area contributed by atoms with Crippen LogP contribution in [-0.4, -0.2) is 29.3 Å². The van der Waals surface area contributed by atoms with Crippen LogP contribution < -0.4 is 11.3 Å². The van der Waals surface area contributed by atoms with Gasteiger partial charge in [0.1, 0.15) is 5.76 Å². The first-order chi connectivity index (χ1) is 14.3. The third-order valence-corrected chi connectivity index (χ3v) is 6.48. The van der Waals surface area contributed by atoms with Crippen LogP contribution >= 0.6 is 0 Å². The predicted octanol–water partition coefficient (Wildman–Crippen LogP) is 1.67. The van der Waals surface area contributed by atoms with E-state index in [2.05, 4.69) is 10.3 Å². The van der Waals surface area contributed by atoms with Crippen LogP contribution in [0.2, 0.25) is 0 Å². The predicted molar refractivity (Wildman–Crippen MR) is 107 cm³/mol. The Bertz CT molecular complexity index is 1440. The fourth-order valence-corrected chi connectivity index (χ4v) is 4.42. The molecule has 0 aliphatic rings. The van der Waals surface area contributed by atoms with E-state index in [1.807, 2.05) is 0 Å². The van der Waals surface area contributed by atoms with E-state index >= 15 is 0 Å². The Kier molecular flexibility index (Phi) is 4.70. The lowest BCUT2D eigenvalue weighted by Gasteiger charge is -2.08. The molecule has 2 aromatic heterocycles. The molecule has 4 rings (SSSR count). The highest BCUT2D eigenvalue weighted by Crippen LogP contribution is 2.23. The van der Waals surface area contributed by atoms with Crippen LogP contribution in [0.1, 0.15) is 21.8 Å². The van der Waals surface area contributed by atoms with Crippen molar-refractivity contribution in [2.45, 2.75) is 23.3 Å². The fraction of sp³-hybridized carbons (Fsp3) is 0.100. The highest BCUT2D eigenvalue weighted by Gasteiger charge is 2.21. The second kappa shape index (κ2) is 7.23. The number of primary amides is 1. The molecule has 2 aromatic carbocycles. The van der Waals surface area contributed by atoms with Crippen LogP contribution in [0, 0.1) is 6.92 Å². The number of hydrogen-bond donors (Lipinski definition) is 1. The zero-order chi connectivity index (χ0) is 21.5. The fourth-order valence-electron chi connectivity index (χ4n) is 3.10. The minimum absolute atomic E-state index is 0.0612. The number of rotatable bonds is 5. The van der Waals surface area contributed by atoms with E-state index in [9.17, 15) is 18.0 Å². The average Bonchev–Trinajstić information content (AvgIpc) is 3.11. The van der Waals surface area contributed by atoms with E-state index < -0.39 is 21.3 Å². The maximum Gasteiger partial charge on any atom is 0.274 e. The number of nitrogens with zero attached hydrogens (tertiary/aromatic N) is 3. The zero-order valence-electron chi connectivity index (χ0n) is 15.8. The van der Waals surface area contributed by atoms with E-state index in [0.717, 1.165) is 4.68 Å². The minimum Gasteiger partial charge on any atom is -0.364 e. The lowest BCUT2D eigenvalue weighted by molar-refractivity contribution is 0.0990. The number of aryl methyl sites for hydroxylation is 1. The number of hydrogen-bond acceptors (Lipinski definition) is 7. The molecular formula is C20H16N4O5S. The van der Waals surface area contributed by atoms with E-state index in [-0.39, 0.29) is 27.4 Å². The summed E-state index contributed by atoms with van der Waals surface area (Å²) in [7, 11) is -3.72. The highest BCUT2D eigenvalue weighted by atomic mass is 32.2. The monoisotopic (exact) mass is 424 g/mol. The van der Waals surface area contributed by atoms with Gasteiger partial charge in [-0.2, -0.15) is 5.10 Å². The van der Waals surface area contributed by atoms with E-state index in [4.69, 9.17) is 10.3 Å². The van der Waals surface area contributed by atoms with Crippen LogP contribution in [-0.2, 0) is 16.4 Å². The maximum absolute atomic E-state index is 12.9. The quantitative estimate of drug-likeness (QED) is 0.514. The average molecular weight is 424 g/mol. The van der Waals surface area contributed by atoms with Crippen molar-refractivity contribution in [1.29, 1.82) is 0 Å². The van der Waals surface area contributed by atoms with Crippen molar-refractivity contribution in [2.24, 2.45) is 5.73 Å². The molecule has 0 atom stereocenters. The molecule has 30 heavy (non-hydrogen) atoms. The normalized spacial score (nSPS) is 11.6. The summed E-state index contributed by atoms with van der Waals surface area (Å²) in [5.41, 5.74) is 5.13. The summed E-state index contributed by atoms with van der Waals surface area (Å²) in [6, 6.07) is 12.3. The Labute approximate surface area is 170 Å². The molecule has 0 fully saturated rings. The van der Waals surface area contributed by atoms with Crippen LogP contribution in [0.3, 0.4) is 0 Å². The number of carbonyl (C=O) groups excluding carboxylic acids is 1. The van der Waals surface area contributed by atoms with Gasteiger partial charge in [-0.1, -0.05) is 23.4 Å². The van der Waals surface area contributed by atoms with Gasteiger partial charge < -0.3 is 10.3 Å². The van der Waals surface area contributed by atoms with Crippen LogP contribution in [0.4, 0.5) is 0 Å². The third kappa shape index (κ3) is 3.26. The van der Waals surface area contributed by atoms with Gasteiger partial charge in [-0.15, -0.1) is 0 Å². The molecular weight excluding hydrogens is 408 g/mol. The summed E-state index contributed by atoms with van der Waals surface area (Å²) in [5.74, 6) is -0.423. The highest BCUT2D eigenvalue weighted by molar-refractivity contribution is 7.91. The molecule has 10 heteroatoms. The van der Waals surface area contributed by atoms with Crippen molar-refractivity contribution in [2.75, 3.05) is 0 Å². The molecule has 0 spiro atoms. The second-order valence-corrected chi connectivity index (χ2v) is 8.55. The van der Waals surface area contributed by atoms with Gasteiger partial charge in [-0.25, -0.2) is 13.1 Å². The lowest BCUT2D eigenvalue weighted by atomic mass is 10.1. The summed E-state index contributed by atoms with van der Waals surface area (Å²) in [6.07, 6.45) is 1.40. The number of fused-ring (bicyclic) bond motifs is 1. The van der Waals surface area contributed by atoms with Crippen LogP contribution in [0.15, 0.2) is 73.8 Å². The molecule has 0 unspecified atom stereocenters. The summed E-state index contributed by atoms with van der Waals surface area (Å²) in [6.45, 7) is 1.54. The summed E-state index contributed by atoms with van der Waals surface area (Å²) >= 11 is 0. The van der Waals surface area contributed by atoms with Gasteiger partial charge in [-0.05, 0) is 37.3 Å². The van der Waals surface area contributed by atoms with Gasteiger partial charge >= 0.3 is 0 Å². The van der Waals surface area contributed by atoms with E-state index in [1.165, 1.54) is 36.5 Å². The first kappa shape index (κ1) is 19.5. The van der Waals surface area contributed by atoms with Gasteiger partial charge in [0, 0.05) is 10.9 Å². The molecule has 0 bridgehead atoms. The molecule has 0 saturated heterocycles. The van der Waals surface area contributed by atoms with Crippen molar-refractivity contribution in [1.82, 2.24) is 14.9 Å². The largest absolute Gasteiger partial charge is 0.364 e. The molecule has 4 aromatic rings. The minimum atomic E-state index is -3.72. The van der Waals surface area contributed by atoms with Crippen molar-refractivity contribution in [3.8, 4) is 0 Å². The first-order valence-electron chi connectivity index (χ1n) is 8.84. The van der Waals surface area contributed by atoms with Crippen molar-refractivity contribution < 1.29 is 17.7 Å². The second-order valence-electron chi connectivity index (χ2n) is 6.60. The van der Waals surface area contributed by atoms with Crippen LogP contribution in [0.5, 0.6) is 0 Å². The molecule has 2 heterocycles. The smallest absolute Gasteiger partial charge is 0.274 e. The molecule has 0 radical (unpaired) electrons. The van der Waals surface area contributed by atoms with Crippen molar-refractivity contribution in [3.63, 3.8) is 0 Å². The molecule has 2 N–H and O–H groups in total. The summed E-state index contributed by atoms with van der Waals surface area (Å²) in [5, 5.41) is 8.38. The molecule has 1 amide bonds. The lowest BCUT2D eigenvalue weighted by Crippen LogP contribution is -2.25. The SMILES string of the molecule is Cc1onc(C(N)=O)c1Cn1ncc2cc(S(=O)(=O)c3ccccc3)ccc2c1=O. The number of carbonyl (C=O) groups is 1. The Morgan fingerprint density at radius 1 is 1.13 bits per heavy atom. The van der Waals surface area contributed by atoms with Crippen molar-refractivity contribution in [3.05, 3.63) is 82.1 Å². The van der Waals surface area contributed by atoms with Gasteiger partial charge in [-0.3, -0.25) is 9.59 Å². The molecule has 0 aliphatic heterocycles. The Balaban J connectivity index is 1.77. The zero-order valence-corrected chi connectivity index (χ0v) is 16.6.